The summed E-state index contributed by atoms with van der Waals surface area (Å²) in [5.74, 6) is 0. The fourth-order valence-corrected chi connectivity index (χ4v) is 2.35. The Hall–Kier alpha value is -1.40. The zero-order chi connectivity index (χ0) is 12.9. The molecule has 6 heteroatoms. The zero-order valence-corrected chi connectivity index (χ0v) is 10.6. The van der Waals surface area contributed by atoms with Gasteiger partial charge in [-0.1, -0.05) is 19.1 Å². The molecule has 0 bridgehead atoms. The molecule has 0 aliphatic heterocycles. The maximum Gasteiger partial charge on any atom is 0.301 e. The molecular formula is C11H15N2O3S. The fraction of sp³-hybridized carbons (Fsp3) is 0.364. The van der Waals surface area contributed by atoms with Crippen LogP contribution < -0.4 is 4.72 Å². The average molecular weight is 255 g/mol. The van der Waals surface area contributed by atoms with Crippen molar-refractivity contribution in [2.75, 3.05) is 18.3 Å². The number of rotatable bonds is 6. The van der Waals surface area contributed by atoms with E-state index in [0.29, 0.717) is 6.54 Å². The summed E-state index contributed by atoms with van der Waals surface area (Å²) in [5.41, 5.74) is 0.437. The molecule has 0 saturated heterocycles. The average Bonchev–Trinajstić information content (AvgIpc) is 2.29. The number of para-hydroxylation sites is 1. The molecular weight excluding hydrogens is 240 g/mol. The third kappa shape index (κ3) is 3.54. The van der Waals surface area contributed by atoms with Crippen LogP contribution >= 0.6 is 0 Å². The second-order valence-electron chi connectivity index (χ2n) is 3.58. The van der Waals surface area contributed by atoms with E-state index in [0.717, 1.165) is 6.42 Å². The van der Waals surface area contributed by atoms with Gasteiger partial charge in [0.2, 0.25) is 6.29 Å². The molecule has 93 valence electrons. The molecule has 0 unspecified atom stereocenters. The topological polar surface area (TPSA) is 66.5 Å². The van der Waals surface area contributed by atoms with Crippen LogP contribution in [0.4, 0.5) is 5.69 Å². The molecule has 0 aliphatic carbocycles. The second-order valence-corrected chi connectivity index (χ2v) is 5.35. The van der Waals surface area contributed by atoms with Gasteiger partial charge in [0.1, 0.15) is 0 Å². The van der Waals surface area contributed by atoms with E-state index in [1.807, 2.05) is 6.92 Å². The summed E-state index contributed by atoms with van der Waals surface area (Å²) in [7, 11) is -2.12. The number of hydrogen-bond acceptors (Lipinski definition) is 3. The van der Waals surface area contributed by atoms with Gasteiger partial charge in [-0.3, -0.25) is 9.52 Å². The number of nitrogens with one attached hydrogen (secondary N) is 1. The van der Waals surface area contributed by atoms with Crippen LogP contribution in [0.2, 0.25) is 0 Å². The number of hydrogen-bond donors (Lipinski definition) is 1. The molecule has 0 amide bonds. The summed E-state index contributed by atoms with van der Waals surface area (Å²) in [4.78, 5) is 10.6. The van der Waals surface area contributed by atoms with E-state index in [4.69, 9.17) is 0 Å². The highest BCUT2D eigenvalue weighted by atomic mass is 32.2. The molecule has 1 N–H and O–H groups in total. The highest BCUT2D eigenvalue weighted by molar-refractivity contribution is 7.90. The molecule has 1 radical (unpaired) electrons. The first-order chi connectivity index (χ1) is 8.01. The number of benzene rings is 1. The lowest BCUT2D eigenvalue weighted by Gasteiger charge is -2.17. The molecule has 1 rings (SSSR count). The van der Waals surface area contributed by atoms with Gasteiger partial charge in [-0.2, -0.15) is 12.7 Å². The van der Waals surface area contributed by atoms with Gasteiger partial charge in [0.25, 0.3) is 0 Å². The predicted octanol–water partition coefficient (Wildman–Crippen LogP) is 1.14. The van der Waals surface area contributed by atoms with Crippen molar-refractivity contribution in [2.24, 2.45) is 0 Å². The smallest absolute Gasteiger partial charge is 0.285 e. The molecule has 17 heavy (non-hydrogen) atoms. The quantitative estimate of drug-likeness (QED) is 0.829. The van der Waals surface area contributed by atoms with Crippen molar-refractivity contribution >= 4 is 22.2 Å². The van der Waals surface area contributed by atoms with Gasteiger partial charge >= 0.3 is 10.2 Å². The van der Waals surface area contributed by atoms with E-state index in [9.17, 15) is 13.2 Å². The van der Waals surface area contributed by atoms with Crippen LogP contribution in [0.25, 0.3) is 0 Å². The lowest BCUT2D eigenvalue weighted by molar-refractivity contribution is 0.473. The maximum atomic E-state index is 11.8. The van der Waals surface area contributed by atoms with Crippen molar-refractivity contribution in [1.82, 2.24) is 4.31 Å². The Bertz CT molecular complexity index is 485. The maximum absolute atomic E-state index is 11.8. The Labute approximate surface area is 102 Å². The fourth-order valence-electron chi connectivity index (χ4n) is 1.31. The van der Waals surface area contributed by atoms with Gasteiger partial charge in [0.05, 0.1) is 11.3 Å². The molecule has 0 spiro atoms. The molecule has 1 aromatic carbocycles. The number of nitrogens with zero attached hydrogens (tertiary/aromatic N) is 1. The van der Waals surface area contributed by atoms with Crippen molar-refractivity contribution in [1.29, 1.82) is 0 Å². The first kappa shape index (κ1) is 13.7. The van der Waals surface area contributed by atoms with Crippen molar-refractivity contribution in [3.05, 3.63) is 29.8 Å². The Morgan fingerprint density at radius 1 is 1.35 bits per heavy atom. The molecule has 5 nitrogen and oxygen atoms in total. The van der Waals surface area contributed by atoms with Gasteiger partial charge in [-0.15, -0.1) is 0 Å². The van der Waals surface area contributed by atoms with Gasteiger partial charge in [-0.25, -0.2) is 0 Å². The van der Waals surface area contributed by atoms with E-state index in [-0.39, 0.29) is 11.3 Å². The molecule has 0 aromatic heterocycles. The highest BCUT2D eigenvalue weighted by Crippen LogP contribution is 2.15. The Morgan fingerprint density at radius 3 is 2.59 bits per heavy atom. The van der Waals surface area contributed by atoms with Gasteiger partial charge in [-0.05, 0) is 18.6 Å². The van der Waals surface area contributed by atoms with Crippen LogP contribution in [0.1, 0.15) is 18.9 Å². The van der Waals surface area contributed by atoms with Crippen LogP contribution in [0.5, 0.6) is 0 Å². The predicted molar refractivity (Wildman–Crippen MR) is 66.7 cm³/mol. The number of anilines is 1. The number of carbonyl (C=O) groups excluding carboxylic acids is 1. The van der Waals surface area contributed by atoms with Crippen molar-refractivity contribution in [3.8, 4) is 0 Å². The highest BCUT2D eigenvalue weighted by Gasteiger charge is 2.17. The zero-order valence-electron chi connectivity index (χ0n) is 9.80. The monoisotopic (exact) mass is 255 g/mol. The molecule has 0 fully saturated rings. The largest absolute Gasteiger partial charge is 0.301 e. The lowest BCUT2D eigenvalue weighted by Crippen LogP contribution is -2.33. The first-order valence-electron chi connectivity index (χ1n) is 5.22. The van der Waals surface area contributed by atoms with Crippen LogP contribution in [0, 0.1) is 0 Å². The summed E-state index contributed by atoms with van der Waals surface area (Å²) in [6.45, 7) is 2.31. The summed E-state index contributed by atoms with van der Waals surface area (Å²) < 4.78 is 27.2. The summed E-state index contributed by atoms with van der Waals surface area (Å²) in [6, 6.07) is 6.33. The SMILES string of the molecule is CCCN(C)S(=O)(=O)Nc1ccccc1[C]=O. The van der Waals surface area contributed by atoms with Crippen LogP contribution in [0.3, 0.4) is 0 Å². The van der Waals surface area contributed by atoms with Crippen LogP contribution in [0.15, 0.2) is 24.3 Å². The summed E-state index contributed by atoms with van der Waals surface area (Å²) in [6.07, 6.45) is 2.41. The molecule has 0 atom stereocenters. The summed E-state index contributed by atoms with van der Waals surface area (Å²) >= 11 is 0. The van der Waals surface area contributed by atoms with Gasteiger partial charge < -0.3 is 0 Å². The second kappa shape index (κ2) is 5.79. The van der Waals surface area contributed by atoms with Crippen molar-refractivity contribution in [2.45, 2.75) is 13.3 Å². The Kier molecular flexibility index (Phi) is 4.65. The standard InChI is InChI=1S/C11H15N2O3S/c1-3-8-13(2)17(15,16)12-11-7-5-4-6-10(11)9-14/h4-7,12H,3,8H2,1-2H3. The van der Waals surface area contributed by atoms with Gasteiger partial charge in [0.15, 0.2) is 0 Å². The van der Waals surface area contributed by atoms with E-state index >= 15 is 0 Å². The van der Waals surface area contributed by atoms with E-state index < -0.39 is 10.2 Å². The minimum absolute atomic E-state index is 0.195. The van der Waals surface area contributed by atoms with Crippen molar-refractivity contribution in [3.63, 3.8) is 0 Å². The minimum Gasteiger partial charge on any atom is -0.285 e. The van der Waals surface area contributed by atoms with E-state index in [2.05, 4.69) is 4.72 Å². The molecule has 0 saturated carbocycles. The third-order valence-electron chi connectivity index (χ3n) is 2.22. The van der Waals surface area contributed by atoms with Crippen LogP contribution in [-0.4, -0.2) is 32.6 Å². The lowest BCUT2D eigenvalue weighted by atomic mass is 10.2. The van der Waals surface area contributed by atoms with E-state index in [1.54, 1.807) is 18.4 Å². The normalized spacial score (nSPS) is 11.5. The molecule has 1 aromatic rings. The van der Waals surface area contributed by atoms with Gasteiger partial charge in [0, 0.05) is 13.6 Å². The molecule has 0 heterocycles. The molecule has 0 aliphatic rings. The Balaban J connectivity index is 2.94. The van der Waals surface area contributed by atoms with E-state index in [1.165, 1.54) is 23.5 Å². The minimum atomic E-state index is -3.60. The Morgan fingerprint density at radius 2 is 2.00 bits per heavy atom. The third-order valence-corrected chi connectivity index (χ3v) is 3.71. The summed E-state index contributed by atoms with van der Waals surface area (Å²) in [5, 5.41) is 0. The van der Waals surface area contributed by atoms with Crippen molar-refractivity contribution < 1.29 is 13.2 Å². The van der Waals surface area contributed by atoms with Crippen LogP contribution in [-0.2, 0) is 15.0 Å². The first-order valence-corrected chi connectivity index (χ1v) is 6.66.